The summed E-state index contributed by atoms with van der Waals surface area (Å²) < 4.78 is 0. The fraction of sp³-hybridized carbons (Fsp3) is 0.619. The Morgan fingerprint density at radius 3 is 2.48 bits per heavy atom. The minimum Gasteiger partial charge on any atom is -0.338 e. The maximum absolute atomic E-state index is 13.4. The van der Waals surface area contributed by atoms with Gasteiger partial charge in [-0.1, -0.05) is 29.6 Å². The van der Waals surface area contributed by atoms with Crippen molar-refractivity contribution in [3.63, 3.8) is 0 Å². The maximum Gasteiger partial charge on any atom is 0.230 e. The summed E-state index contributed by atoms with van der Waals surface area (Å²) in [6.45, 7) is 4.02. The van der Waals surface area contributed by atoms with Crippen LogP contribution in [0.1, 0.15) is 66.8 Å². The lowest BCUT2D eigenvalue weighted by Gasteiger charge is -2.40. The number of benzene rings is 1. The van der Waals surface area contributed by atoms with E-state index in [2.05, 4.69) is 4.90 Å². The number of carbonyl (C=O) groups is 2. The fourth-order valence-corrected chi connectivity index (χ4v) is 5.17. The van der Waals surface area contributed by atoms with Crippen molar-refractivity contribution < 1.29 is 9.59 Å². The molecule has 2 fully saturated rings. The summed E-state index contributed by atoms with van der Waals surface area (Å²) in [4.78, 5) is 30.4. The molecule has 6 heteroatoms. The fourth-order valence-electron chi connectivity index (χ4n) is 4.84. The third kappa shape index (κ3) is 3.90. The van der Waals surface area contributed by atoms with Crippen LogP contribution in [0.2, 0.25) is 10.0 Å². The lowest BCUT2D eigenvalue weighted by atomic mass is 9.95. The van der Waals surface area contributed by atoms with Gasteiger partial charge < -0.3 is 9.80 Å². The number of rotatable bonds is 3. The van der Waals surface area contributed by atoms with Gasteiger partial charge in [0.15, 0.2) is 5.78 Å². The first kappa shape index (κ1) is 19.2. The van der Waals surface area contributed by atoms with E-state index in [-0.39, 0.29) is 24.2 Å². The van der Waals surface area contributed by atoms with Crippen molar-refractivity contribution in [1.82, 2.24) is 9.80 Å². The average molecular weight is 409 g/mol. The molecule has 146 valence electrons. The SMILES string of the molecule is O=C1CC(C(=O)N2CCCCC2CN2CCCCC2)c2cc(Cl)c(Cl)cc21. The van der Waals surface area contributed by atoms with E-state index in [1.54, 1.807) is 12.1 Å². The van der Waals surface area contributed by atoms with Crippen LogP contribution in [-0.4, -0.2) is 53.7 Å². The Kier molecular flexibility index (Phi) is 5.77. The Balaban J connectivity index is 1.54. The maximum atomic E-state index is 13.4. The van der Waals surface area contributed by atoms with Gasteiger partial charge in [0.25, 0.3) is 0 Å². The summed E-state index contributed by atoms with van der Waals surface area (Å²) in [5.74, 6) is -0.335. The number of fused-ring (bicyclic) bond motifs is 1. The number of carbonyl (C=O) groups excluding carboxylic acids is 2. The zero-order valence-corrected chi connectivity index (χ0v) is 17.1. The second-order valence-electron chi connectivity index (χ2n) is 8.08. The van der Waals surface area contributed by atoms with E-state index in [4.69, 9.17) is 23.2 Å². The molecule has 0 N–H and O–H groups in total. The highest BCUT2D eigenvalue weighted by Crippen LogP contribution is 2.39. The Bertz CT molecular complexity index is 746. The number of piperidine rings is 2. The summed E-state index contributed by atoms with van der Waals surface area (Å²) >= 11 is 12.3. The van der Waals surface area contributed by atoms with E-state index in [1.807, 2.05) is 4.90 Å². The third-order valence-corrected chi connectivity index (χ3v) is 7.01. The summed E-state index contributed by atoms with van der Waals surface area (Å²) in [6, 6.07) is 3.60. The molecule has 4 rings (SSSR count). The molecule has 0 saturated carbocycles. The highest BCUT2D eigenvalue weighted by Gasteiger charge is 2.40. The predicted octanol–water partition coefficient (Wildman–Crippen LogP) is 4.53. The van der Waals surface area contributed by atoms with Gasteiger partial charge in [-0.25, -0.2) is 0 Å². The van der Waals surface area contributed by atoms with Crippen molar-refractivity contribution in [2.24, 2.45) is 0 Å². The van der Waals surface area contributed by atoms with E-state index in [1.165, 1.54) is 25.7 Å². The van der Waals surface area contributed by atoms with E-state index < -0.39 is 5.92 Å². The molecule has 2 atom stereocenters. The molecule has 2 unspecified atom stereocenters. The van der Waals surface area contributed by atoms with Gasteiger partial charge in [0.05, 0.1) is 16.0 Å². The van der Waals surface area contributed by atoms with Gasteiger partial charge in [0, 0.05) is 31.1 Å². The second kappa shape index (κ2) is 8.10. The van der Waals surface area contributed by atoms with E-state index in [0.29, 0.717) is 15.6 Å². The summed E-state index contributed by atoms with van der Waals surface area (Å²) in [5, 5.41) is 0.782. The Morgan fingerprint density at radius 1 is 1.00 bits per heavy atom. The molecule has 27 heavy (non-hydrogen) atoms. The van der Waals surface area contributed by atoms with Gasteiger partial charge in [-0.3, -0.25) is 9.59 Å². The Labute approximate surface area is 170 Å². The van der Waals surface area contributed by atoms with Crippen LogP contribution in [0.3, 0.4) is 0 Å². The predicted molar refractivity (Wildman–Crippen MR) is 108 cm³/mol. The van der Waals surface area contributed by atoms with Crippen LogP contribution < -0.4 is 0 Å². The number of likely N-dealkylation sites (tertiary alicyclic amines) is 2. The molecule has 1 amide bonds. The van der Waals surface area contributed by atoms with Gasteiger partial charge >= 0.3 is 0 Å². The lowest BCUT2D eigenvalue weighted by molar-refractivity contribution is -0.137. The third-order valence-electron chi connectivity index (χ3n) is 6.28. The van der Waals surface area contributed by atoms with Crippen molar-refractivity contribution >= 4 is 34.9 Å². The molecule has 3 aliphatic rings. The zero-order chi connectivity index (χ0) is 19.0. The first-order valence-electron chi connectivity index (χ1n) is 10.1. The van der Waals surface area contributed by atoms with Crippen LogP contribution in [0.4, 0.5) is 0 Å². The standard InChI is InChI=1S/C21H26Cl2N2O2/c22-18-10-15-16(11-19(18)23)20(26)12-17(15)21(27)25-9-5-2-6-14(25)13-24-7-3-1-4-8-24/h10-11,14,17H,1-9,12-13H2. The Hall–Kier alpha value is -1.10. The molecule has 1 aliphatic carbocycles. The molecule has 0 aromatic heterocycles. The molecule has 2 heterocycles. The highest BCUT2D eigenvalue weighted by molar-refractivity contribution is 6.42. The summed E-state index contributed by atoms with van der Waals surface area (Å²) in [5.41, 5.74) is 1.31. The van der Waals surface area contributed by atoms with E-state index in [0.717, 1.165) is 44.6 Å². The zero-order valence-electron chi connectivity index (χ0n) is 15.6. The van der Waals surface area contributed by atoms with Gasteiger partial charge in [-0.05, 0) is 62.9 Å². The quantitative estimate of drug-likeness (QED) is 0.737. The topological polar surface area (TPSA) is 40.6 Å². The van der Waals surface area contributed by atoms with Crippen LogP contribution in [0.25, 0.3) is 0 Å². The number of nitrogens with zero attached hydrogens (tertiary/aromatic N) is 2. The van der Waals surface area contributed by atoms with E-state index >= 15 is 0 Å². The number of halogens is 2. The minimum absolute atomic E-state index is 0.00786. The molecule has 2 aliphatic heterocycles. The smallest absolute Gasteiger partial charge is 0.230 e. The van der Waals surface area contributed by atoms with Crippen LogP contribution >= 0.6 is 23.2 Å². The molecule has 0 radical (unpaired) electrons. The van der Waals surface area contributed by atoms with Gasteiger partial charge in [-0.15, -0.1) is 0 Å². The molecule has 0 bridgehead atoms. The summed E-state index contributed by atoms with van der Waals surface area (Å²) in [6.07, 6.45) is 7.32. The Morgan fingerprint density at radius 2 is 1.70 bits per heavy atom. The van der Waals surface area contributed by atoms with Crippen LogP contribution in [-0.2, 0) is 4.79 Å². The molecule has 2 saturated heterocycles. The number of hydrogen-bond donors (Lipinski definition) is 0. The van der Waals surface area contributed by atoms with Crippen molar-refractivity contribution in [3.8, 4) is 0 Å². The molecule has 1 aromatic rings. The number of hydrogen-bond acceptors (Lipinski definition) is 3. The van der Waals surface area contributed by atoms with Gasteiger partial charge in [-0.2, -0.15) is 0 Å². The largest absolute Gasteiger partial charge is 0.338 e. The molecular formula is C21H26Cl2N2O2. The summed E-state index contributed by atoms with van der Waals surface area (Å²) in [7, 11) is 0. The van der Waals surface area contributed by atoms with Crippen molar-refractivity contribution in [2.45, 2.75) is 56.9 Å². The van der Waals surface area contributed by atoms with E-state index in [9.17, 15) is 9.59 Å². The monoisotopic (exact) mass is 408 g/mol. The van der Waals surface area contributed by atoms with Gasteiger partial charge in [0.2, 0.25) is 5.91 Å². The number of amides is 1. The average Bonchev–Trinajstić information content (AvgIpc) is 2.99. The number of Topliss-reactive ketones (excluding diaryl/α,β-unsaturated/α-hetero) is 1. The van der Waals surface area contributed by atoms with Crippen molar-refractivity contribution in [2.75, 3.05) is 26.2 Å². The molecule has 0 spiro atoms. The molecule has 1 aromatic carbocycles. The lowest BCUT2D eigenvalue weighted by Crippen LogP contribution is -2.51. The minimum atomic E-state index is -0.413. The highest BCUT2D eigenvalue weighted by atomic mass is 35.5. The van der Waals surface area contributed by atoms with Crippen LogP contribution in [0.5, 0.6) is 0 Å². The van der Waals surface area contributed by atoms with Gasteiger partial charge in [0.1, 0.15) is 0 Å². The molecular weight excluding hydrogens is 383 g/mol. The van der Waals surface area contributed by atoms with Crippen LogP contribution in [0.15, 0.2) is 12.1 Å². The normalized spacial score (nSPS) is 26.3. The first-order chi connectivity index (χ1) is 13.0. The van der Waals surface area contributed by atoms with Crippen molar-refractivity contribution in [3.05, 3.63) is 33.3 Å². The van der Waals surface area contributed by atoms with Crippen LogP contribution in [0, 0.1) is 0 Å². The number of ketones is 1. The van der Waals surface area contributed by atoms with Crippen molar-refractivity contribution in [1.29, 1.82) is 0 Å². The first-order valence-corrected chi connectivity index (χ1v) is 10.8. The molecule has 4 nitrogen and oxygen atoms in total. The second-order valence-corrected chi connectivity index (χ2v) is 8.89.